The average molecular weight is 118 g/mol. The lowest BCUT2D eigenvalue weighted by Crippen LogP contribution is -2.30. The molecule has 3 N–H and O–H groups in total. The molecular formula is C3H6N2OS. The molecule has 0 rings (SSSR count). The van der Waals surface area contributed by atoms with Crippen LogP contribution < -0.4 is 11.1 Å². The lowest BCUT2D eigenvalue weighted by Gasteiger charge is -1.92. The van der Waals surface area contributed by atoms with Crippen molar-refractivity contribution in [2.75, 3.05) is 6.54 Å². The summed E-state index contributed by atoms with van der Waals surface area (Å²) < 4.78 is 0. The van der Waals surface area contributed by atoms with Crippen LogP contribution >= 0.6 is 12.2 Å². The fourth-order valence-electron chi connectivity index (χ4n) is 0.142. The molecule has 0 heterocycles. The van der Waals surface area contributed by atoms with Crippen LogP contribution in [0.2, 0.25) is 0 Å². The number of nitrogens with two attached hydrogens (primary N) is 1. The van der Waals surface area contributed by atoms with Crippen molar-refractivity contribution in [3.8, 4) is 0 Å². The van der Waals surface area contributed by atoms with Gasteiger partial charge >= 0.3 is 0 Å². The summed E-state index contributed by atoms with van der Waals surface area (Å²) in [6, 6.07) is 0. The largest absolute Gasteiger partial charge is 0.376 e. The molecule has 40 valence electrons. The topological polar surface area (TPSA) is 55.1 Å². The molecule has 0 radical (unpaired) electrons. The molecule has 0 aromatic heterocycles. The molecule has 4 heteroatoms. The van der Waals surface area contributed by atoms with Gasteiger partial charge in [0.25, 0.3) is 0 Å². The van der Waals surface area contributed by atoms with Crippen LogP contribution in [-0.4, -0.2) is 17.9 Å². The lowest BCUT2D eigenvalue weighted by molar-refractivity contribution is -0.106. The maximum Gasteiger partial charge on any atom is 0.164 e. The molecule has 0 spiro atoms. The molecule has 0 atom stereocenters. The maximum absolute atomic E-state index is 9.53. The van der Waals surface area contributed by atoms with Crippen LogP contribution in [0.25, 0.3) is 0 Å². The van der Waals surface area contributed by atoms with E-state index in [-0.39, 0.29) is 11.7 Å². The first kappa shape index (κ1) is 6.36. The van der Waals surface area contributed by atoms with Gasteiger partial charge in [0.05, 0.1) is 6.54 Å². The highest BCUT2D eigenvalue weighted by molar-refractivity contribution is 7.80. The summed E-state index contributed by atoms with van der Waals surface area (Å²) >= 11 is 4.37. The zero-order valence-electron chi connectivity index (χ0n) is 3.68. The summed E-state index contributed by atoms with van der Waals surface area (Å²) in [5, 5.41) is 2.60. The molecule has 0 amide bonds. The van der Waals surface area contributed by atoms with Gasteiger partial charge in [-0.05, 0) is 12.2 Å². The van der Waals surface area contributed by atoms with Gasteiger partial charge in [-0.25, -0.2) is 0 Å². The van der Waals surface area contributed by atoms with E-state index < -0.39 is 0 Å². The molecule has 3 nitrogen and oxygen atoms in total. The zero-order valence-corrected chi connectivity index (χ0v) is 4.49. The number of nitrogens with one attached hydrogen (secondary N) is 1. The van der Waals surface area contributed by atoms with Crippen LogP contribution in [0.4, 0.5) is 0 Å². The van der Waals surface area contributed by atoms with Crippen LogP contribution in [-0.2, 0) is 4.79 Å². The first-order valence-corrected chi connectivity index (χ1v) is 2.15. The third-order valence-electron chi connectivity index (χ3n) is 0.360. The lowest BCUT2D eigenvalue weighted by atomic mass is 10.7. The molecule has 0 unspecified atom stereocenters. The number of hydrogen-bond acceptors (Lipinski definition) is 2. The Labute approximate surface area is 46.9 Å². The summed E-state index contributed by atoms with van der Waals surface area (Å²) in [5.41, 5.74) is 4.94. The summed E-state index contributed by atoms with van der Waals surface area (Å²) in [5.74, 6) is 0. The molecule has 0 saturated heterocycles. The first-order chi connectivity index (χ1) is 3.27. The summed E-state index contributed by atoms with van der Waals surface area (Å²) in [6.07, 6.45) is 0.694. The normalized spacial score (nSPS) is 7.43. The predicted molar refractivity (Wildman–Crippen MR) is 30.9 cm³/mol. The fraction of sp³-hybridized carbons (Fsp3) is 0.333. The predicted octanol–water partition coefficient (Wildman–Crippen LogP) is -0.982. The van der Waals surface area contributed by atoms with Gasteiger partial charge in [0, 0.05) is 0 Å². The van der Waals surface area contributed by atoms with Crippen LogP contribution in [0.5, 0.6) is 0 Å². The second-order valence-corrected chi connectivity index (χ2v) is 1.35. The molecule has 0 aliphatic carbocycles. The van der Waals surface area contributed by atoms with E-state index in [1.54, 1.807) is 0 Å². The quantitative estimate of drug-likeness (QED) is 0.361. The Hall–Kier alpha value is -0.640. The van der Waals surface area contributed by atoms with E-state index in [0.29, 0.717) is 6.29 Å². The number of thiocarbonyl (C=S) groups is 1. The number of rotatable bonds is 2. The van der Waals surface area contributed by atoms with Crippen LogP contribution in [0.1, 0.15) is 0 Å². The summed E-state index contributed by atoms with van der Waals surface area (Å²) in [6.45, 7) is 0.204. The van der Waals surface area contributed by atoms with Gasteiger partial charge in [0.2, 0.25) is 0 Å². The number of carbonyl (C=O) groups is 1. The molecule has 0 fully saturated rings. The van der Waals surface area contributed by atoms with Crippen molar-refractivity contribution in [3.05, 3.63) is 0 Å². The third kappa shape index (κ3) is 5.36. The molecule has 0 bridgehead atoms. The van der Waals surface area contributed by atoms with E-state index >= 15 is 0 Å². The summed E-state index contributed by atoms with van der Waals surface area (Å²) in [7, 11) is 0. The highest BCUT2D eigenvalue weighted by Crippen LogP contribution is 1.51. The van der Waals surface area contributed by atoms with Gasteiger partial charge in [-0.3, -0.25) is 0 Å². The Kier molecular flexibility index (Phi) is 3.22. The number of carbonyl (C=O) groups excluding carboxylic acids is 1. The van der Waals surface area contributed by atoms with Crippen LogP contribution in [0, 0.1) is 0 Å². The van der Waals surface area contributed by atoms with Crippen LogP contribution in [0.15, 0.2) is 0 Å². The Bertz CT molecular complexity index is 83.0. The van der Waals surface area contributed by atoms with Crippen molar-refractivity contribution in [1.82, 2.24) is 5.32 Å². The van der Waals surface area contributed by atoms with E-state index in [0.717, 1.165) is 0 Å². The molecular weight excluding hydrogens is 112 g/mol. The Morgan fingerprint density at radius 3 is 2.71 bits per heavy atom. The zero-order chi connectivity index (χ0) is 5.70. The first-order valence-electron chi connectivity index (χ1n) is 1.74. The third-order valence-corrected chi connectivity index (χ3v) is 0.504. The van der Waals surface area contributed by atoms with Gasteiger partial charge in [-0.1, -0.05) is 0 Å². The molecule has 7 heavy (non-hydrogen) atoms. The van der Waals surface area contributed by atoms with Gasteiger partial charge in [-0.2, -0.15) is 0 Å². The Morgan fingerprint density at radius 1 is 2.00 bits per heavy atom. The van der Waals surface area contributed by atoms with Gasteiger partial charge in [0.15, 0.2) is 5.11 Å². The molecule has 0 aliphatic heterocycles. The standard InChI is InChI=1S/C3H6N2OS/c4-3(7)5-1-2-6/h2H,1H2,(H3,4,5,7). The second-order valence-electron chi connectivity index (χ2n) is 0.912. The average Bonchev–Trinajstić information content (AvgIpc) is 1.61. The molecule has 0 aromatic rings. The number of aldehydes is 1. The van der Waals surface area contributed by atoms with Gasteiger partial charge in [0.1, 0.15) is 6.29 Å². The van der Waals surface area contributed by atoms with Crippen LogP contribution in [0.3, 0.4) is 0 Å². The fourth-order valence-corrected chi connectivity index (χ4v) is 0.226. The minimum Gasteiger partial charge on any atom is -0.376 e. The second kappa shape index (κ2) is 3.55. The minimum absolute atomic E-state index is 0.159. The van der Waals surface area contributed by atoms with E-state index in [1.807, 2.05) is 0 Å². The molecule has 0 aromatic carbocycles. The molecule has 0 saturated carbocycles. The van der Waals surface area contributed by atoms with Gasteiger partial charge in [-0.15, -0.1) is 0 Å². The van der Waals surface area contributed by atoms with E-state index in [4.69, 9.17) is 5.73 Å². The van der Waals surface area contributed by atoms with Gasteiger partial charge < -0.3 is 15.8 Å². The van der Waals surface area contributed by atoms with Crippen molar-refractivity contribution in [1.29, 1.82) is 0 Å². The minimum atomic E-state index is 0.159. The van der Waals surface area contributed by atoms with Crippen molar-refractivity contribution < 1.29 is 4.79 Å². The Morgan fingerprint density at radius 2 is 2.57 bits per heavy atom. The van der Waals surface area contributed by atoms with Crippen molar-refractivity contribution in [3.63, 3.8) is 0 Å². The van der Waals surface area contributed by atoms with Crippen molar-refractivity contribution >= 4 is 23.6 Å². The highest BCUT2D eigenvalue weighted by Gasteiger charge is 1.79. The molecule has 0 aliphatic rings. The van der Waals surface area contributed by atoms with E-state index in [1.165, 1.54) is 0 Å². The van der Waals surface area contributed by atoms with E-state index in [9.17, 15) is 4.79 Å². The maximum atomic E-state index is 9.53. The smallest absolute Gasteiger partial charge is 0.164 e. The monoisotopic (exact) mass is 118 g/mol. The Balaban J connectivity index is 2.97. The number of hydrogen-bond donors (Lipinski definition) is 2. The van der Waals surface area contributed by atoms with Crippen molar-refractivity contribution in [2.24, 2.45) is 5.73 Å². The van der Waals surface area contributed by atoms with Crippen molar-refractivity contribution in [2.45, 2.75) is 0 Å². The highest BCUT2D eigenvalue weighted by atomic mass is 32.1. The SMILES string of the molecule is NC(=S)NCC=O. The summed E-state index contributed by atoms with van der Waals surface area (Å²) in [4.78, 5) is 9.53. The van der Waals surface area contributed by atoms with E-state index in [2.05, 4.69) is 17.5 Å².